The van der Waals surface area contributed by atoms with Crippen molar-refractivity contribution in [1.29, 1.82) is 0 Å². The number of aldehydes is 1. The van der Waals surface area contributed by atoms with Gasteiger partial charge in [-0.25, -0.2) is 4.79 Å². The number of likely N-dealkylation sites (N-methyl/N-ethyl adjacent to an activating group) is 1. The normalized spacial score (nSPS) is 18.4. The Morgan fingerprint density at radius 3 is 2.45 bits per heavy atom. The van der Waals surface area contributed by atoms with Crippen molar-refractivity contribution in [3.05, 3.63) is 119 Å². The molecule has 1 aliphatic heterocycles. The fraction of sp³-hybridized carbons (Fsp3) is 0.356. The summed E-state index contributed by atoms with van der Waals surface area (Å²) in [6, 6.07) is 29.4. The van der Waals surface area contributed by atoms with Gasteiger partial charge in [0.1, 0.15) is 18.1 Å². The van der Waals surface area contributed by atoms with Gasteiger partial charge in [-0.1, -0.05) is 78.9 Å². The first-order chi connectivity index (χ1) is 27.2. The van der Waals surface area contributed by atoms with Crippen molar-refractivity contribution in [1.82, 2.24) is 15.1 Å². The first-order valence-electron chi connectivity index (χ1n) is 19.4. The number of aryl methyl sites for hydroxylation is 1. The molecule has 4 aromatic rings. The van der Waals surface area contributed by atoms with Gasteiger partial charge in [-0.2, -0.15) is 0 Å². The van der Waals surface area contributed by atoms with Crippen molar-refractivity contribution in [2.45, 2.75) is 44.4 Å². The Bertz CT molecular complexity index is 1970. The molecule has 1 aliphatic carbocycles. The number of carbonyl (C=O) groups excluding carboxylic acids is 3. The molecule has 0 aromatic heterocycles. The number of aromatic hydroxyl groups is 1. The van der Waals surface area contributed by atoms with E-state index in [9.17, 15) is 24.6 Å². The number of phenols is 1. The summed E-state index contributed by atoms with van der Waals surface area (Å²) in [6.07, 6.45) is 4.94. The van der Waals surface area contributed by atoms with Crippen molar-refractivity contribution >= 4 is 35.7 Å². The van der Waals surface area contributed by atoms with Crippen LogP contribution in [0, 0.1) is 11.8 Å². The second kappa shape index (κ2) is 19.4. The summed E-state index contributed by atoms with van der Waals surface area (Å²) in [7, 11) is 3.45. The van der Waals surface area contributed by atoms with Crippen LogP contribution in [0.5, 0.6) is 5.75 Å². The number of rotatable bonds is 17. The third-order valence-electron chi connectivity index (χ3n) is 10.9. The molecule has 294 valence electrons. The van der Waals surface area contributed by atoms with Crippen LogP contribution in [-0.4, -0.2) is 91.2 Å². The van der Waals surface area contributed by atoms with E-state index in [0.29, 0.717) is 60.9 Å². The first kappa shape index (κ1) is 40.2. The Morgan fingerprint density at radius 2 is 1.70 bits per heavy atom. The summed E-state index contributed by atoms with van der Waals surface area (Å²) >= 11 is 0. The summed E-state index contributed by atoms with van der Waals surface area (Å²) in [5, 5.41) is 30.2. The molecule has 2 unspecified atom stereocenters. The zero-order valence-corrected chi connectivity index (χ0v) is 32.2. The van der Waals surface area contributed by atoms with Crippen LogP contribution >= 0.6 is 0 Å². The van der Waals surface area contributed by atoms with Gasteiger partial charge in [-0.3, -0.25) is 19.8 Å². The van der Waals surface area contributed by atoms with Crippen molar-refractivity contribution in [3.8, 4) is 16.9 Å². The number of anilines is 2. The lowest BCUT2D eigenvalue weighted by atomic mass is 9.99. The highest BCUT2D eigenvalue weighted by molar-refractivity contribution is 5.91. The number of aliphatic hydroxyl groups excluding tert-OH is 1. The van der Waals surface area contributed by atoms with E-state index in [-0.39, 0.29) is 24.3 Å². The number of hydrogen-bond acceptors (Lipinski definition) is 9. The third-order valence-corrected chi connectivity index (χ3v) is 10.9. The second-order valence-corrected chi connectivity index (χ2v) is 14.8. The smallest absolute Gasteiger partial charge is 0.411 e. The van der Waals surface area contributed by atoms with E-state index in [0.717, 1.165) is 54.9 Å². The van der Waals surface area contributed by atoms with Crippen LogP contribution in [-0.2, 0) is 27.3 Å². The largest absolute Gasteiger partial charge is 0.506 e. The molecule has 2 amide bonds. The van der Waals surface area contributed by atoms with Crippen LogP contribution in [0.3, 0.4) is 0 Å². The van der Waals surface area contributed by atoms with E-state index in [2.05, 4.69) is 45.1 Å². The number of phenolic OH excluding ortho intramolecular Hbond substituents is 1. The predicted molar refractivity (Wildman–Crippen MR) is 220 cm³/mol. The SMILES string of the molecule is CNc1c(O)ccc(C(O)CNCCN(C)C(=O)CCc2cccc(CN3C[C@H]4CC(OC(=O)Nc5ccccc5-c5ccccc5)C[C@H]4C3)c2)c1/C=C\C=O. The monoisotopic (exact) mass is 759 g/mol. The Hall–Kier alpha value is -5.49. The number of ether oxygens (including phenoxy) is 1. The summed E-state index contributed by atoms with van der Waals surface area (Å²) in [5.74, 6) is 1.07. The van der Waals surface area contributed by atoms with Gasteiger partial charge in [0.05, 0.1) is 17.5 Å². The highest BCUT2D eigenvalue weighted by Gasteiger charge is 2.42. The molecule has 1 heterocycles. The molecule has 1 saturated carbocycles. The van der Waals surface area contributed by atoms with Crippen molar-refractivity contribution < 1.29 is 29.3 Å². The van der Waals surface area contributed by atoms with Crippen LogP contribution in [0.2, 0.25) is 0 Å². The maximum atomic E-state index is 13.0. The van der Waals surface area contributed by atoms with Gasteiger partial charge in [0.2, 0.25) is 5.91 Å². The average molecular weight is 760 g/mol. The van der Waals surface area contributed by atoms with Gasteiger partial charge in [0, 0.05) is 70.9 Å². The minimum Gasteiger partial charge on any atom is -0.506 e. The molecule has 5 N–H and O–H groups in total. The summed E-state index contributed by atoms with van der Waals surface area (Å²) < 4.78 is 5.92. The van der Waals surface area contributed by atoms with Gasteiger partial charge in [0.25, 0.3) is 0 Å². The number of hydrogen-bond donors (Lipinski definition) is 5. The first-order valence-corrected chi connectivity index (χ1v) is 19.4. The van der Waals surface area contributed by atoms with Crippen molar-refractivity contribution in [3.63, 3.8) is 0 Å². The molecule has 0 radical (unpaired) electrons. The molecule has 2 aliphatic rings. The van der Waals surface area contributed by atoms with Gasteiger partial charge < -0.3 is 30.5 Å². The quantitative estimate of drug-likeness (QED) is 0.0354. The number of benzene rings is 4. The molecule has 56 heavy (non-hydrogen) atoms. The summed E-state index contributed by atoms with van der Waals surface area (Å²) in [6.45, 7) is 4.02. The van der Waals surface area contributed by atoms with E-state index in [1.165, 1.54) is 17.7 Å². The number of amides is 2. The molecule has 0 bridgehead atoms. The minimum atomic E-state index is -0.888. The summed E-state index contributed by atoms with van der Waals surface area (Å²) in [4.78, 5) is 41.0. The number of fused-ring (bicyclic) bond motifs is 1. The lowest BCUT2D eigenvalue weighted by Crippen LogP contribution is -2.35. The number of aliphatic hydroxyl groups is 1. The van der Waals surface area contributed by atoms with Crippen molar-refractivity contribution in [2.75, 3.05) is 57.5 Å². The standard InChI is InChI=1S/C45H53N5O6/c1-46-44-39(15-9-23-51)38(18-19-41(44)52)42(53)27-47-21-22-49(2)43(54)20-17-31-10-8-11-32(24-31)28-50-29-34-25-36(26-35(34)30-50)56-45(55)48-40-16-7-6-14-37(40)33-12-4-3-5-13-33/h3-16,18-19,23-24,34-36,42,46-47,52-53H,17,20-22,25-30H2,1-2H3,(H,48,55)/b15-9-/t34-,35+,36?,42?. The Balaban J connectivity index is 0.898. The van der Waals surface area contributed by atoms with Gasteiger partial charge >= 0.3 is 6.09 Å². The molecular weight excluding hydrogens is 707 g/mol. The van der Waals surface area contributed by atoms with Crippen LogP contribution < -0.4 is 16.0 Å². The molecule has 2 fully saturated rings. The third kappa shape index (κ3) is 10.4. The number of allylic oxidation sites excluding steroid dienone is 1. The number of para-hydroxylation sites is 1. The van der Waals surface area contributed by atoms with E-state index in [1.807, 2.05) is 54.6 Å². The Morgan fingerprint density at radius 1 is 0.964 bits per heavy atom. The highest BCUT2D eigenvalue weighted by atomic mass is 16.6. The lowest BCUT2D eigenvalue weighted by Gasteiger charge is -2.21. The number of likely N-dealkylation sites (tertiary alicyclic amines) is 1. The van der Waals surface area contributed by atoms with E-state index in [4.69, 9.17) is 4.74 Å². The topological polar surface area (TPSA) is 143 Å². The Labute approximate surface area is 329 Å². The summed E-state index contributed by atoms with van der Waals surface area (Å²) in [5.41, 5.74) is 6.64. The molecule has 4 aromatic carbocycles. The fourth-order valence-electron chi connectivity index (χ4n) is 8.12. The number of nitrogens with one attached hydrogen (secondary N) is 3. The molecule has 1 saturated heterocycles. The molecule has 11 nitrogen and oxygen atoms in total. The Kier molecular flexibility index (Phi) is 13.9. The van der Waals surface area contributed by atoms with E-state index < -0.39 is 12.2 Å². The second-order valence-electron chi connectivity index (χ2n) is 14.8. The van der Waals surface area contributed by atoms with Crippen LogP contribution in [0.25, 0.3) is 17.2 Å². The highest BCUT2D eigenvalue weighted by Crippen LogP contribution is 2.40. The molecular formula is C45H53N5O6. The van der Waals surface area contributed by atoms with E-state index in [1.54, 1.807) is 31.1 Å². The van der Waals surface area contributed by atoms with Crippen LogP contribution in [0.15, 0.2) is 97.1 Å². The molecule has 6 rings (SSSR count). The lowest BCUT2D eigenvalue weighted by molar-refractivity contribution is -0.129. The van der Waals surface area contributed by atoms with Gasteiger partial charge in [-0.15, -0.1) is 0 Å². The number of carbonyl (C=O) groups is 3. The van der Waals surface area contributed by atoms with Crippen LogP contribution in [0.4, 0.5) is 16.2 Å². The fourth-order valence-corrected chi connectivity index (χ4v) is 8.12. The van der Waals surface area contributed by atoms with E-state index >= 15 is 0 Å². The molecule has 11 heteroatoms. The number of nitrogens with zero attached hydrogens (tertiary/aromatic N) is 2. The molecule has 0 spiro atoms. The van der Waals surface area contributed by atoms with Gasteiger partial charge in [0.15, 0.2) is 0 Å². The maximum absolute atomic E-state index is 13.0. The average Bonchev–Trinajstić information content (AvgIpc) is 3.75. The maximum Gasteiger partial charge on any atom is 0.411 e. The minimum absolute atomic E-state index is 0.0228. The van der Waals surface area contributed by atoms with Crippen LogP contribution in [0.1, 0.15) is 47.6 Å². The van der Waals surface area contributed by atoms with Gasteiger partial charge in [-0.05, 0) is 77.6 Å². The zero-order valence-electron chi connectivity index (χ0n) is 32.2. The molecule has 4 atom stereocenters. The predicted octanol–water partition coefficient (Wildman–Crippen LogP) is 6.49. The zero-order chi connectivity index (χ0) is 39.4. The van der Waals surface area contributed by atoms with Crippen molar-refractivity contribution in [2.24, 2.45) is 11.8 Å².